The van der Waals surface area contributed by atoms with Crippen molar-refractivity contribution < 1.29 is 9.13 Å². The molecule has 0 unspecified atom stereocenters. The minimum atomic E-state index is -0.256. The van der Waals surface area contributed by atoms with E-state index >= 15 is 0 Å². The zero-order valence-corrected chi connectivity index (χ0v) is 14.1. The van der Waals surface area contributed by atoms with Crippen molar-refractivity contribution in [1.29, 1.82) is 0 Å². The van der Waals surface area contributed by atoms with Crippen LogP contribution in [0.5, 0.6) is 11.6 Å². The standard InChI is InChI=1S/C19H16FN3OS/c20-15-8-6-14(7-9-15)12-22-19(25)23-16-10-11-18(21-13-16)24-17-4-2-1-3-5-17/h1-11,13H,12H2,(H2,22,23,25). The molecule has 6 heteroatoms. The van der Waals surface area contributed by atoms with Gasteiger partial charge in [-0.3, -0.25) is 0 Å². The van der Waals surface area contributed by atoms with E-state index in [1.165, 1.54) is 12.1 Å². The number of anilines is 1. The van der Waals surface area contributed by atoms with Crippen LogP contribution in [0.2, 0.25) is 0 Å². The van der Waals surface area contributed by atoms with Crippen molar-refractivity contribution in [2.75, 3.05) is 5.32 Å². The summed E-state index contributed by atoms with van der Waals surface area (Å²) in [5.41, 5.74) is 1.69. The fourth-order valence-corrected chi connectivity index (χ4v) is 2.27. The Morgan fingerprint density at radius 3 is 2.44 bits per heavy atom. The van der Waals surface area contributed by atoms with Crippen molar-refractivity contribution in [2.24, 2.45) is 0 Å². The van der Waals surface area contributed by atoms with Crippen LogP contribution in [0.15, 0.2) is 72.9 Å². The highest BCUT2D eigenvalue weighted by Crippen LogP contribution is 2.19. The molecule has 0 aliphatic heterocycles. The van der Waals surface area contributed by atoms with E-state index in [0.29, 0.717) is 17.5 Å². The molecular formula is C19H16FN3OS. The zero-order chi connectivity index (χ0) is 17.5. The third-order valence-electron chi connectivity index (χ3n) is 3.33. The van der Waals surface area contributed by atoms with Crippen molar-refractivity contribution >= 4 is 23.0 Å². The van der Waals surface area contributed by atoms with Crippen LogP contribution in [-0.2, 0) is 6.54 Å². The Hall–Kier alpha value is -2.99. The highest BCUT2D eigenvalue weighted by atomic mass is 32.1. The lowest BCUT2D eigenvalue weighted by atomic mass is 10.2. The van der Waals surface area contributed by atoms with E-state index in [9.17, 15) is 4.39 Å². The summed E-state index contributed by atoms with van der Waals surface area (Å²) in [7, 11) is 0. The molecule has 3 rings (SSSR count). The molecule has 0 spiro atoms. The second-order valence-electron chi connectivity index (χ2n) is 5.23. The van der Waals surface area contributed by atoms with Crippen molar-refractivity contribution in [2.45, 2.75) is 6.54 Å². The summed E-state index contributed by atoms with van der Waals surface area (Å²) in [5.74, 6) is 0.975. The van der Waals surface area contributed by atoms with Crippen molar-refractivity contribution in [3.8, 4) is 11.6 Å². The number of benzene rings is 2. The number of rotatable bonds is 5. The summed E-state index contributed by atoms with van der Waals surface area (Å²) in [6.07, 6.45) is 1.64. The Labute approximate surface area is 150 Å². The van der Waals surface area contributed by atoms with E-state index in [1.54, 1.807) is 24.4 Å². The predicted molar refractivity (Wildman–Crippen MR) is 100 cm³/mol. The first-order valence-corrected chi connectivity index (χ1v) is 8.08. The Balaban J connectivity index is 1.50. The van der Waals surface area contributed by atoms with Gasteiger partial charge in [0.1, 0.15) is 11.6 Å². The Bertz CT molecular complexity index is 824. The number of para-hydroxylation sites is 1. The number of pyridine rings is 1. The molecule has 2 N–H and O–H groups in total. The molecule has 0 fully saturated rings. The molecule has 25 heavy (non-hydrogen) atoms. The molecule has 1 heterocycles. The highest BCUT2D eigenvalue weighted by molar-refractivity contribution is 7.80. The maximum atomic E-state index is 12.9. The minimum Gasteiger partial charge on any atom is -0.439 e. The molecule has 126 valence electrons. The number of nitrogens with one attached hydrogen (secondary N) is 2. The molecule has 0 aliphatic rings. The number of nitrogens with zero attached hydrogens (tertiary/aromatic N) is 1. The van der Waals surface area contributed by atoms with Gasteiger partial charge in [-0.1, -0.05) is 30.3 Å². The molecule has 0 atom stereocenters. The van der Waals surface area contributed by atoms with Crippen LogP contribution >= 0.6 is 12.2 Å². The van der Waals surface area contributed by atoms with E-state index in [4.69, 9.17) is 17.0 Å². The zero-order valence-electron chi connectivity index (χ0n) is 13.3. The van der Waals surface area contributed by atoms with Gasteiger partial charge in [0.15, 0.2) is 5.11 Å². The predicted octanol–water partition coefficient (Wildman–Crippen LogP) is 4.50. The fourth-order valence-electron chi connectivity index (χ4n) is 2.08. The van der Waals surface area contributed by atoms with Gasteiger partial charge in [-0.25, -0.2) is 9.37 Å². The first-order valence-electron chi connectivity index (χ1n) is 7.67. The van der Waals surface area contributed by atoms with E-state index < -0.39 is 0 Å². The number of ether oxygens (including phenoxy) is 1. The molecule has 0 bridgehead atoms. The molecule has 0 amide bonds. The van der Waals surface area contributed by atoms with Crippen LogP contribution in [0, 0.1) is 5.82 Å². The van der Waals surface area contributed by atoms with E-state index in [1.807, 2.05) is 36.4 Å². The van der Waals surface area contributed by atoms with Crippen LogP contribution in [0.1, 0.15) is 5.56 Å². The molecule has 0 radical (unpaired) electrons. The number of hydrogen-bond acceptors (Lipinski definition) is 3. The summed E-state index contributed by atoms with van der Waals surface area (Å²) in [6.45, 7) is 0.509. The summed E-state index contributed by atoms with van der Waals surface area (Å²) in [6, 6.07) is 19.3. The Kier molecular flexibility index (Phi) is 5.53. The van der Waals surface area contributed by atoms with Gasteiger partial charge in [0.05, 0.1) is 11.9 Å². The fraction of sp³-hybridized carbons (Fsp3) is 0.0526. The Morgan fingerprint density at radius 1 is 1.00 bits per heavy atom. The molecule has 3 aromatic rings. The van der Waals surface area contributed by atoms with Crippen LogP contribution in [-0.4, -0.2) is 10.1 Å². The number of halogens is 1. The maximum absolute atomic E-state index is 12.9. The molecule has 1 aromatic heterocycles. The number of hydrogen-bond donors (Lipinski definition) is 2. The highest BCUT2D eigenvalue weighted by Gasteiger charge is 2.01. The average molecular weight is 353 g/mol. The van der Waals surface area contributed by atoms with Crippen molar-refractivity contribution in [1.82, 2.24) is 10.3 Å². The molecule has 0 saturated carbocycles. The SMILES string of the molecule is Fc1ccc(CNC(=S)Nc2ccc(Oc3ccccc3)nc2)cc1. The second kappa shape index (κ2) is 8.21. The van der Waals surface area contributed by atoms with Gasteiger partial charge < -0.3 is 15.4 Å². The summed E-state index contributed by atoms with van der Waals surface area (Å²) in [4.78, 5) is 4.24. The third kappa shape index (κ3) is 5.26. The van der Waals surface area contributed by atoms with Gasteiger partial charge in [-0.15, -0.1) is 0 Å². The lowest BCUT2D eigenvalue weighted by molar-refractivity contribution is 0.463. The quantitative estimate of drug-likeness (QED) is 0.661. The van der Waals surface area contributed by atoms with Gasteiger partial charge in [-0.2, -0.15) is 0 Å². The van der Waals surface area contributed by atoms with Crippen LogP contribution in [0.4, 0.5) is 10.1 Å². The first kappa shape index (κ1) is 16.9. The first-order chi connectivity index (χ1) is 12.2. The molecule has 2 aromatic carbocycles. The van der Waals surface area contributed by atoms with Gasteiger partial charge in [0.2, 0.25) is 5.88 Å². The van der Waals surface area contributed by atoms with Crippen molar-refractivity contribution in [3.63, 3.8) is 0 Å². The monoisotopic (exact) mass is 353 g/mol. The summed E-state index contributed by atoms with van der Waals surface area (Å²) >= 11 is 5.24. The topological polar surface area (TPSA) is 46.2 Å². The van der Waals surface area contributed by atoms with E-state index in [0.717, 1.165) is 17.0 Å². The lowest BCUT2D eigenvalue weighted by Crippen LogP contribution is -2.27. The number of aromatic nitrogens is 1. The van der Waals surface area contributed by atoms with Crippen LogP contribution in [0.25, 0.3) is 0 Å². The molecular weight excluding hydrogens is 337 g/mol. The maximum Gasteiger partial charge on any atom is 0.219 e. The van der Waals surface area contributed by atoms with Gasteiger partial charge in [0.25, 0.3) is 0 Å². The normalized spacial score (nSPS) is 10.1. The minimum absolute atomic E-state index is 0.256. The van der Waals surface area contributed by atoms with Crippen molar-refractivity contribution in [3.05, 3.63) is 84.3 Å². The van der Waals surface area contributed by atoms with Gasteiger partial charge in [0, 0.05) is 12.6 Å². The molecule has 0 aliphatic carbocycles. The summed E-state index contributed by atoms with van der Waals surface area (Å²) < 4.78 is 18.5. The average Bonchev–Trinajstić information content (AvgIpc) is 2.64. The molecule has 4 nitrogen and oxygen atoms in total. The van der Waals surface area contributed by atoms with Gasteiger partial charge in [-0.05, 0) is 48.1 Å². The Morgan fingerprint density at radius 2 is 1.76 bits per heavy atom. The number of thiocarbonyl (C=S) groups is 1. The third-order valence-corrected chi connectivity index (χ3v) is 3.57. The van der Waals surface area contributed by atoms with Crippen LogP contribution in [0.3, 0.4) is 0 Å². The largest absolute Gasteiger partial charge is 0.439 e. The lowest BCUT2D eigenvalue weighted by Gasteiger charge is -2.11. The van der Waals surface area contributed by atoms with Crippen LogP contribution < -0.4 is 15.4 Å². The summed E-state index contributed by atoms with van der Waals surface area (Å²) in [5, 5.41) is 6.56. The van der Waals surface area contributed by atoms with Gasteiger partial charge >= 0.3 is 0 Å². The molecule has 0 saturated heterocycles. The van der Waals surface area contributed by atoms with E-state index in [2.05, 4.69) is 15.6 Å². The second-order valence-corrected chi connectivity index (χ2v) is 5.64. The smallest absolute Gasteiger partial charge is 0.219 e. The van der Waals surface area contributed by atoms with E-state index in [-0.39, 0.29) is 5.82 Å².